The summed E-state index contributed by atoms with van der Waals surface area (Å²) in [6.07, 6.45) is -1.45. The van der Waals surface area contributed by atoms with Crippen LogP contribution in [0, 0.1) is 0 Å². The van der Waals surface area contributed by atoms with Crippen molar-refractivity contribution in [3.05, 3.63) is 0 Å². The average molecular weight is 211 g/mol. The predicted octanol–water partition coefficient (Wildman–Crippen LogP) is -1.54. The number of hydrogen-bond donors (Lipinski definition) is 2. The van der Waals surface area contributed by atoms with E-state index in [1.165, 1.54) is 6.92 Å². The number of aliphatic hydroxyl groups excluding tert-OH is 1. The summed E-state index contributed by atoms with van der Waals surface area (Å²) in [5.74, 6) is -0.959. The van der Waals surface area contributed by atoms with Gasteiger partial charge in [-0.3, -0.25) is 0 Å². The number of esters is 1. The first-order valence-electron chi connectivity index (χ1n) is 3.66. The Morgan fingerprint density at radius 1 is 1.62 bits per heavy atom. The van der Waals surface area contributed by atoms with Gasteiger partial charge in [0.2, 0.25) is 10.0 Å². The van der Waals surface area contributed by atoms with E-state index in [-0.39, 0.29) is 12.3 Å². The van der Waals surface area contributed by atoms with E-state index >= 15 is 0 Å². The highest BCUT2D eigenvalue weighted by Crippen LogP contribution is 1.88. The molecule has 7 heteroatoms. The molecule has 0 aromatic rings. The molecule has 0 aliphatic carbocycles. The number of hydrogen-bond acceptors (Lipinski definition) is 5. The summed E-state index contributed by atoms with van der Waals surface area (Å²) in [5, 5.41) is 8.98. The van der Waals surface area contributed by atoms with Gasteiger partial charge >= 0.3 is 5.97 Å². The van der Waals surface area contributed by atoms with Crippen molar-refractivity contribution in [3.8, 4) is 0 Å². The second-order valence-corrected chi connectivity index (χ2v) is 4.39. The van der Waals surface area contributed by atoms with Crippen LogP contribution in [0.2, 0.25) is 0 Å². The van der Waals surface area contributed by atoms with E-state index in [1.54, 1.807) is 0 Å². The summed E-state index contributed by atoms with van der Waals surface area (Å²) in [7, 11) is -2.26. The summed E-state index contributed by atoms with van der Waals surface area (Å²) in [4.78, 5) is 10.6. The lowest BCUT2D eigenvalue weighted by molar-refractivity contribution is -0.149. The number of carbonyl (C=O) groups excluding carboxylic acids is 1. The highest BCUT2D eigenvalue weighted by atomic mass is 32.2. The molecule has 0 aliphatic heterocycles. The Labute approximate surface area is 76.9 Å². The summed E-state index contributed by atoms with van der Waals surface area (Å²) in [6.45, 7) is 1.09. The molecule has 0 fully saturated rings. The summed E-state index contributed by atoms with van der Waals surface area (Å²) >= 11 is 0. The molecule has 0 spiro atoms. The monoisotopic (exact) mass is 211 g/mol. The Bertz CT molecular complexity index is 260. The Morgan fingerprint density at radius 2 is 2.15 bits per heavy atom. The van der Waals surface area contributed by atoms with Crippen LogP contribution in [0.25, 0.3) is 0 Å². The normalized spacial score (nSPS) is 13.8. The topological polar surface area (TPSA) is 92.7 Å². The molecule has 0 aliphatic rings. The van der Waals surface area contributed by atoms with E-state index in [9.17, 15) is 13.2 Å². The van der Waals surface area contributed by atoms with Crippen molar-refractivity contribution in [2.45, 2.75) is 13.0 Å². The van der Waals surface area contributed by atoms with Crippen molar-refractivity contribution in [1.29, 1.82) is 0 Å². The zero-order valence-corrected chi connectivity index (χ0v) is 8.30. The highest BCUT2D eigenvalue weighted by molar-refractivity contribution is 7.89. The number of sulfonamides is 1. The molecule has 2 N–H and O–H groups in total. The zero-order valence-electron chi connectivity index (χ0n) is 7.48. The van der Waals surface area contributed by atoms with Gasteiger partial charge in [-0.2, -0.15) is 0 Å². The second kappa shape index (κ2) is 5.15. The molecule has 0 rings (SSSR count). The van der Waals surface area contributed by atoms with Gasteiger partial charge in [-0.15, -0.1) is 0 Å². The lowest BCUT2D eigenvalue weighted by Crippen LogP contribution is -2.37. The minimum absolute atomic E-state index is 0.0963. The third kappa shape index (κ3) is 4.81. The third-order valence-corrected chi connectivity index (χ3v) is 2.72. The van der Waals surface area contributed by atoms with Gasteiger partial charge in [0.05, 0.1) is 12.9 Å². The van der Waals surface area contributed by atoms with E-state index in [0.717, 1.165) is 7.11 Å². The fourth-order valence-corrected chi connectivity index (χ4v) is 1.14. The van der Waals surface area contributed by atoms with E-state index in [1.807, 2.05) is 4.72 Å². The zero-order chi connectivity index (χ0) is 10.5. The first-order valence-corrected chi connectivity index (χ1v) is 5.31. The molecule has 6 nitrogen and oxygen atoms in total. The standard InChI is InChI=1S/C6H13NO5S/c1-3-13(10,11)7-4-5(8)6(9)12-2/h5,7-8H,3-4H2,1-2H3. The van der Waals surface area contributed by atoms with Gasteiger partial charge in [-0.05, 0) is 6.92 Å². The first-order chi connectivity index (χ1) is 5.93. The van der Waals surface area contributed by atoms with Crippen molar-refractivity contribution in [3.63, 3.8) is 0 Å². The largest absolute Gasteiger partial charge is 0.467 e. The summed E-state index contributed by atoms with van der Waals surface area (Å²) in [5.41, 5.74) is 0. The molecule has 0 radical (unpaired) electrons. The SMILES string of the molecule is CCS(=O)(=O)NCC(O)C(=O)OC. The molecule has 0 amide bonds. The third-order valence-electron chi connectivity index (χ3n) is 1.35. The molecule has 0 heterocycles. The van der Waals surface area contributed by atoms with Gasteiger partial charge in [-0.25, -0.2) is 17.9 Å². The van der Waals surface area contributed by atoms with Crippen LogP contribution in [0.15, 0.2) is 0 Å². The maximum atomic E-state index is 10.8. The summed E-state index contributed by atoms with van der Waals surface area (Å²) in [6, 6.07) is 0. The van der Waals surface area contributed by atoms with Crippen molar-refractivity contribution < 1.29 is 23.1 Å². The minimum atomic E-state index is -3.37. The smallest absolute Gasteiger partial charge is 0.336 e. The number of aliphatic hydroxyl groups is 1. The number of methoxy groups -OCH3 is 1. The maximum absolute atomic E-state index is 10.8. The first kappa shape index (κ1) is 12.3. The van der Waals surface area contributed by atoms with E-state index < -0.39 is 22.1 Å². The second-order valence-electron chi connectivity index (χ2n) is 2.29. The van der Waals surface area contributed by atoms with Crippen LogP contribution >= 0.6 is 0 Å². The van der Waals surface area contributed by atoms with Crippen molar-refractivity contribution in [1.82, 2.24) is 4.72 Å². The van der Waals surface area contributed by atoms with Gasteiger partial charge in [0.1, 0.15) is 0 Å². The maximum Gasteiger partial charge on any atom is 0.336 e. The van der Waals surface area contributed by atoms with Crippen LogP contribution in [0.4, 0.5) is 0 Å². The molecular formula is C6H13NO5S. The average Bonchev–Trinajstić information content (AvgIpc) is 2.13. The van der Waals surface area contributed by atoms with Gasteiger partial charge in [0.25, 0.3) is 0 Å². The Morgan fingerprint density at radius 3 is 2.54 bits per heavy atom. The number of carbonyl (C=O) groups is 1. The van der Waals surface area contributed by atoms with Crippen LogP contribution in [0.1, 0.15) is 6.92 Å². The summed E-state index contributed by atoms with van der Waals surface area (Å²) < 4.78 is 27.9. The van der Waals surface area contributed by atoms with E-state index in [0.29, 0.717) is 0 Å². The number of rotatable bonds is 5. The molecule has 0 aromatic carbocycles. The van der Waals surface area contributed by atoms with Gasteiger partial charge < -0.3 is 9.84 Å². The van der Waals surface area contributed by atoms with Gasteiger partial charge in [0.15, 0.2) is 6.10 Å². The highest BCUT2D eigenvalue weighted by Gasteiger charge is 2.17. The Kier molecular flexibility index (Phi) is 4.89. The molecule has 1 unspecified atom stereocenters. The molecule has 0 aromatic heterocycles. The number of ether oxygens (including phenoxy) is 1. The van der Waals surface area contributed by atoms with Crippen LogP contribution in [-0.4, -0.2) is 45.0 Å². The predicted molar refractivity (Wildman–Crippen MR) is 45.5 cm³/mol. The van der Waals surface area contributed by atoms with Crippen molar-refractivity contribution in [2.75, 3.05) is 19.4 Å². The molecule has 78 valence electrons. The Hall–Kier alpha value is -0.660. The van der Waals surface area contributed by atoms with Crippen LogP contribution in [0.5, 0.6) is 0 Å². The lowest BCUT2D eigenvalue weighted by atomic mass is 10.4. The molecule has 0 bridgehead atoms. The van der Waals surface area contributed by atoms with E-state index in [2.05, 4.69) is 4.74 Å². The van der Waals surface area contributed by atoms with Crippen LogP contribution < -0.4 is 4.72 Å². The minimum Gasteiger partial charge on any atom is -0.467 e. The Balaban J connectivity index is 3.97. The van der Waals surface area contributed by atoms with Crippen molar-refractivity contribution >= 4 is 16.0 Å². The van der Waals surface area contributed by atoms with Crippen LogP contribution in [-0.2, 0) is 19.6 Å². The van der Waals surface area contributed by atoms with Gasteiger partial charge in [0, 0.05) is 6.54 Å². The van der Waals surface area contributed by atoms with E-state index in [4.69, 9.17) is 5.11 Å². The molecule has 1 atom stereocenters. The molecular weight excluding hydrogens is 198 g/mol. The van der Waals surface area contributed by atoms with Crippen LogP contribution in [0.3, 0.4) is 0 Å². The van der Waals surface area contributed by atoms with Gasteiger partial charge in [-0.1, -0.05) is 0 Å². The molecule has 0 saturated heterocycles. The lowest BCUT2D eigenvalue weighted by Gasteiger charge is -2.08. The van der Waals surface area contributed by atoms with Crippen molar-refractivity contribution in [2.24, 2.45) is 0 Å². The quantitative estimate of drug-likeness (QED) is 0.538. The fourth-order valence-electron chi connectivity index (χ4n) is 0.527. The molecule has 0 saturated carbocycles. The number of nitrogens with one attached hydrogen (secondary N) is 1. The molecule has 13 heavy (non-hydrogen) atoms. The fraction of sp³-hybridized carbons (Fsp3) is 0.833.